The highest BCUT2D eigenvalue weighted by Crippen LogP contribution is 2.57. The Hall–Kier alpha value is -2.47. The Kier molecular flexibility index (Phi) is 3.34. The first-order valence-electron chi connectivity index (χ1n) is 8.72. The highest BCUT2D eigenvalue weighted by Gasteiger charge is 2.61. The van der Waals surface area contributed by atoms with Gasteiger partial charge >= 0.3 is 0 Å². The van der Waals surface area contributed by atoms with E-state index < -0.39 is 4.87 Å². The Morgan fingerprint density at radius 3 is 2.69 bits per heavy atom. The van der Waals surface area contributed by atoms with Crippen LogP contribution in [-0.2, 0) is 20.9 Å². The van der Waals surface area contributed by atoms with Crippen molar-refractivity contribution in [3.8, 4) is 5.75 Å². The second-order valence-electron chi connectivity index (χ2n) is 6.73. The Labute approximate surface area is 155 Å². The molecule has 0 bridgehead atoms. The number of benzene rings is 2. The molecule has 0 saturated carbocycles. The molecule has 2 aromatic rings. The first-order valence-corrected chi connectivity index (χ1v) is 9.71. The summed E-state index contributed by atoms with van der Waals surface area (Å²) < 4.78 is 5.23. The van der Waals surface area contributed by atoms with Crippen LogP contribution in [0.3, 0.4) is 0 Å². The number of carbonyl (C=O) groups excluding carboxylic acids is 2. The summed E-state index contributed by atoms with van der Waals surface area (Å²) in [6.07, 6.45) is 1.93. The molecule has 5 nitrogen and oxygen atoms in total. The summed E-state index contributed by atoms with van der Waals surface area (Å²) in [5.74, 6) is 0.995. The maximum absolute atomic E-state index is 13.5. The summed E-state index contributed by atoms with van der Waals surface area (Å²) in [4.78, 5) is 29.0. The Bertz CT molecular complexity index is 927. The summed E-state index contributed by atoms with van der Waals surface area (Å²) in [6.45, 7) is 0.718. The van der Waals surface area contributed by atoms with Crippen LogP contribution >= 0.6 is 11.8 Å². The standard InChI is InChI=1S/C20H18N2O3S/c1-25-15-9-7-14(8-10-15)22-17(23)12-26-20(22)16-6-2-4-13-5-3-11-21(18(13)16)19(20)24/h2,4,6-10H,3,5,11-12H2,1H3/t20-/m0/s1. The van der Waals surface area contributed by atoms with Crippen LogP contribution in [0.25, 0.3) is 0 Å². The average molecular weight is 366 g/mol. The van der Waals surface area contributed by atoms with E-state index >= 15 is 0 Å². The highest BCUT2D eigenvalue weighted by atomic mass is 32.2. The Morgan fingerprint density at radius 2 is 1.92 bits per heavy atom. The molecule has 0 aliphatic carbocycles. The zero-order chi connectivity index (χ0) is 17.9. The molecule has 3 heterocycles. The van der Waals surface area contributed by atoms with E-state index in [0.29, 0.717) is 5.75 Å². The average Bonchev–Trinajstić information content (AvgIpc) is 3.15. The summed E-state index contributed by atoms with van der Waals surface area (Å²) in [5, 5.41) is 0. The van der Waals surface area contributed by atoms with E-state index in [9.17, 15) is 9.59 Å². The number of methoxy groups -OCH3 is 1. The van der Waals surface area contributed by atoms with Crippen molar-refractivity contribution in [3.05, 3.63) is 53.6 Å². The fourth-order valence-electron chi connectivity index (χ4n) is 4.31. The summed E-state index contributed by atoms with van der Waals surface area (Å²) in [6, 6.07) is 13.5. The molecule has 3 aliphatic heterocycles. The fourth-order valence-corrected chi connectivity index (χ4v) is 5.66. The van der Waals surface area contributed by atoms with Crippen molar-refractivity contribution < 1.29 is 14.3 Å². The van der Waals surface area contributed by atoms with Gasteiger partial charge in [-0.3, -0.25) is 14.5 Å². The molecule has 2 aromatic carbocycles. The molecule has 1 fully saturated rings. The predicted octanol–water partition coefficient (Wildman–Crippen LogP) is 2.92. The molecule has 2 amide bonds. The fraction of sp³-hybridized carbons (Fsp3) is 0.300. The van der Waals surface area contributed by atoms with E-state index in [1.807, 2.05) is 41.3 Å². The molecule has 0 aromatic heterocycles. The van der Waals surface area contributed by atoms with Crippen molar-refractivity contribution >= 4 is 35.0 Å². The van der Waals surface area contributed by atoms with Gasteiger partial charge in [-0.25, -0.2) is 0 Å². The van der Waals surface area contributed by atoms with Crippen LogP contribution in [0, 0.1) is 0 Å². The number of amides is 2. The number of anilines is 2. The minimum absolute atomic E-state index is 0.00585. The Morgan fingerprint density at radius 1 is 1.12 bits per heavy atom. The lowest BCUT2D eigenvalue weighted by atomic mass is 9.98. The van der Waals surface area contributed by atoms with Gasteiger partial charge in [0.05, 0.1) is 18.6 Å². The minimum atomic E-state index is -0.985. The number of fused-ring (bicyclic) bond motifs is 1. The quantitative estimate of drug-likeness (QED) is 0.820. The van der Waals surface area contributed by atoms with Gasteiger partial charge in [-0.05, 0) is 42.7 Å². The number of rotatable bonds is 2. The zero-order valence-corrected chi connectivity index (χ0v) is 15.2. The van der Waals surface area contributed by atoms with Gasteiger partial charge in [0.15, 0.2) is 0 Å². The third kappa shape index (κ3) is 1.88. The molecule has 1 spiro atoms. The normalized spacial score (nSPS) is 23.7. The third-order valence-corrected chi connectivity index (χ3v) is 6.80. The second kappa shape index (κ2) is 5.51. The van der Waals surface area contributed by atoms with Gasteiger partial charge in [-0.1, -0.05) is 18.2 Å². The number of ether oxygens (including phenoxy) is 1. The van der Waals surface area contributed by atoms with Crippen molar-refractivity contribution in [1.82, 2.24) is 0 Å². The molecule has 1 atom stereocenters. The van der Waals surface area contributed by atoms with E-state index in [1.54, 1.807) is 12.0 Å². The highest BCUT2D eigenvalue weighted by molar-refractivity contribution is 8.02. The van der Waals surface area contributed by atoms with Crippen molar-refractivity contribution in [3.63, 3.8) is 0 Å². The zero-order valence-electron chi connectivity index (χ0n) is 14.4. The molecular weight excluding hydrogens is 348 g/mol. The molecule has 5 rings (SSSR count). The summed E-state index contributed by atoms with van der Waals surface area (Å²) in [7, 11) is 1.61. The molecule has 0 radical (unpaired) electrons. The van der Waals surface area contributed by atoms with Crippen LogP contribution in [0.1, 0.15) is 17.5 Å². The molecule has 132 valence electrons. The van der Waals surface area contributed by atoms with Crippen LogP contribution in [0.15, 0.2) is 42.5 Å². The SMILES string of the molecule is COc1ccc(N2C(=O)CS[C@@]23C(=O)N2CCCc4cccc3c42)cc1. The molecule has 0 unspecified atom stereocenters. The van der Waals surface area contributed by atoms with Gasteiger partial charge in [0.25, 0.3) is 5.91 Å². The number of hydrogen-bond donors (Lipinski definition) is 0. The van der Waals surface area contributed by atoms with E-state index in [1.165, 1.54) is 17.3 Å². The number of thioether (sulfide) groups is 1. The molecule has 3 aliphatic rings. The monoisotopic (exact) mass is 366 g/mol. The van der Waals surface area contributed by atoms with Gasteiger partial charge in [-0.15, -0.1) is 11.8 Å². The van der Waals surface area contributed by atoms with Gasteiger partial charge in [0.1, 0.15) is 5.75 Å². The van der Waals surface area contributed by atoms with Gasteiger partial charge in [-0.2, -0.15) is 0 Å². The van der Waals surface area contributed by atoms with Crippen LogP contribution in [0.4, 0.5) is 11.4 Å². The largest absolute Gasteiger partial charge is 0.497 e. The van der Waals surface area contributed by atoms with Crippen molar-refractivity contribution in [1.29, 1.82) is 0 Å². The lowest BCUT2D eigenvalue weighted by Crippen LogP contribution is -2.50. The smallest absolute Gasteiger partial charge is 0.268 e. The second-order valence-corrected chi connectivity index (χ2v) is 7.90. The van der Waals surface area contributed by atoms with Gasteiger partial charge < -0.3 is 9.64 Å². The maximum atomic E-state index is 13.5. The molecular formula is C20H18N2O3S. The number of para-hydroxylation sites is 1. The number of hydrogen-bond acceptors (Lipinski definition) is 4. The first-order chi connectivity index (χ1) is 12.7. The van der Waals surface area contributed by atoms with Crippen LogP contribution < -0.4 is 14.5 Å². The molecule has 6 heteroatoms. The third-order valence-electron chi connectivity index (χ3n) is 5.42. The predicted molar refractivity (Wildman–Crippen MR) is 102 cm³/mol. The maximum Gasteiger partial charge on any atom is 0.268 e. The van der Waals surface area contributed by atoms with E-state index in [2.05, 4.69) is 6.07 Å². The first kappa shape index (κ1) is 15.8. The van der Waals surface area contributed by atoms with E-state index in [0.717, 1.165) is 42.1 Å². The topological polar surface area (TPSA) is 49.9 Å². The Balaban J connectivity index is 1.71. The minimum Gasteiger partial charge on any atom is -0.497 e. The lowest BCUT2D eigenvalue weighted by Gasteiger charge is -2.33. The van der Waals surface area contributed by atoms with Gasteiger partial charge in [0.2, 0.25) is 10.8 Å². The summed E-state index contributed by atoms with van der Waals surface area (Å²) >= 11 is 1.43. The van der Waals surface area contributed by atoms with Crippen LogP contribution in [-0.4, -0.2) is 31.2 Å². The number of carbonyl (C=O) groups is 2. The lowest BCUT2D eigenvalue weighted by molar-refractivity contribution is -0.123. The van der Waals surface area contributed by atoms with Crippen LogP contribution in [0.2, 0.25) is 0 Å². The molecule has 0 N–H and O–H groups in total. The van der Waals surface area contributed by atoms with E-state index in [4.69, 9.17) is 4.74 Å². The van der Waals surface area contributed by atoms with Crippen LogP contribution in [0.5, 0.6) is 5.75 Å². The number of nitrogens with zero attached hydrogens (tertiary/aromatic N) is 2. The summed E-state index contributed by atoms with van der Waals surface area (Å²) in [5.41, 5.74) is 3.90. The molecule has 1 saturated heterocycles. The van der Waals surface area contributed by atoms with Crippen molar-refractivity contribution in [2.24, 2.45) is 0 Å². The van der Waals surface area contributed by atoms with Crippen molar-refractivity contribution in [2.45, 2.75) is 17.7 Å². The van der Waals surface area contributed by atoms with Crippen molar-refractivity contribution in [2.75, 3.05) is 29.2 Å². The molecule has 26 heavy (non-hydrogen) atoms. The van der Waals surface area contributed by atoms with Gasteiger partial charge in [0, 0.05) is 17.8 Å². The van der Waals surface area contributed by atoms with E-state index in [-0.39, 0.29) is 11.8 Å². The number of aryl methyl sites for hydroxylation is 1.